The quantitative estimate of drug-likeness (QED) is 0.384. The maximum absolute atomic E-state index is 5.28. The van der Waals surface area contributed by atoms with E-state index in [1.54, 1.807) is 18.4 Å². The van der Waals surface area contributed by atoms with E-state index in [1.165, 1.54) is 10.2 Å². The zero-order valence-electron chi connectivity index (χ0n) is 14.9. The van der Waals surface area contributed by atoms with Crippen molar-refractivity contribution in [3.8, 4) is 5.75 Å². The van der Waals surface area contributed by atoms with Gasteiger partial charge in [-0.25, -0.2) is 0 Å². The summed E-state index contributed by atoms with van der Waals surface area (Å²) < 4.78 is 8.57. The molecule has 0 unspecified atom stereocenters. The zero-order chi connectivity index (χ0) is 18.1. The summed E-state index contributed by atoms with van der Waals surface area (Å²) in [4.78, 5) is 0.885. The average Bonchev–Trinajstić information content (AvgIpc) is 3.01. The molecular formula is C21H19N3OS. The molecule has 4 nitrogen and oxygen atoms in total. The summed E-state index contributed by atoms with van der Waals surface area (Å²) in [6.45, 7) is 1.99. The number of ether oxygens (including phenoxy) is 1. The molecule has 26 heavy (non-hydrogen) atoms. The monoisotopic (exact) mass is 361 g/mol. The molecule has 0 spiro atoms. The summed E-state index contributed by atoms with van der Waals surface area (Å²) in [5.74, 6) is 0.864. The summed E-state index contributed by atoms with van der Waals surface area (Å²) in [5.41, 5.74) is 3.12. The van der Waals surface area contributed by atoms with Crippen LogP contribution in [-0.4, -0.2) is 17.4 Å². The van der Waals surface area contributed by atoms with Gasteiger partial charge >= 0.3 is 0 Å². The van der Waals surface area contributed by atoms with Gasteiger partial charge in [0.2, 0.25) is 4.80 Å². The fourth-order valence-corrected chi connectivity index (χ4v) is 3.90. The molecule has 1 heterocycles. The maximum Gasteiger partial charge on any atom is 0.211 e. The van der Waals surface area contributed by atoms with E-state index < -0.39 is 0 Å². The molecule has 0 radical (unpaired) electrons. The third-order valence-corrected chi connectivity index (χ3v) is 5.57. The molecule has 5 heteroatoms. The predicted octanol–water partition coefficient (Wildman–Crippen LogP) is 4.73. The van der Waals surface area contributed by atoms with Gasteiger partial charge in [-0.1, -0.05) is 41.7 Å². The second-order valence-corrected chi connectivity index (χ2v) is 7.13. The van der Waals surface area contributed by atoms with Crippen LogP contribution < -0.4 is 9.54 Å². The fourth-order valence-electron chi connectivity index (χ4n) is 2.93. The van der Waals surface area contributed by atoms with Gasteiger partial charge in [0.15, 0.2) is 0 Å². The van der Waals surface area contributed by atoms with Crippen LogP contribution in [0.25, 0.3) is 21.0 Å². The van der Waals surface area contributed by atoms with Crippen LogP contribution >= 0.6 is 11.3 Å². The smallest absolute Gasteiger partial charge is 0.211 e. The molecule has 0 aliphatic heterocycles. The summed E-state index contributed by atoms with van der Waals surface area (Å²) in [6.07, 6.45) is 0. The number of nitrogens with zero attached hydrogens (tertiary/aromatic N) is 3. The van der Waals surface area contributed by atoms with Gasteiger partial charge in [-0.15, -0.1) is 5.10 Å². The van der Waals surface area contributed by atoms with Gasteiger partial charge in [-0.05, 0) is 53.6 Å². The number of hydrogen-bond donors (Lipinski definition) is 0. The Morgan fingerprint density at radius 2 is 1.77 bits per heavy atom. The molecule has 4 rings (SSSR count). The average molecular weight is 361 g/mol. The number of rotatable bonds is 3. The van der Waals surface area contributed by atoms with Crippen molar-refractivity contribution in [1.29, 1.82) is 0 Å². The van der Waals surface area contributed by atoms with Gasteiger partial charge in [-0.2, -0.15) is 5.10 Å². The molecule has 0 N–H and O–H groups in total. The number of fused-ring (bicyclic) bond motifs is 2. The van der Waals surface area contributed by atoms with Gasteiger partial charge in [0.1, 0.15) is 5.75 Å². The van der Waals surface area contributed by atoms with E-state index in [0.717, 1.165) is 32.6 Å². The number of thiazole rings is 1. The Bertz CT molecular complexity index is 1200. The van der Waals surface area contributed by atoms with Crippen LogP contribution in [0.4, 0.5) is 0 Å². The summed E-state index contributed by atoms with van der Waals surface area (Å²) in [5, 5.41) is 11.2. The number of para-hydroxylation sites is 1. The Morgan fingerprint density at radius 3 is 2.58 bits per heavy atom. The van der Waals surface area contributed by atoms with Crippen molar-refractivity contribution in [1.82, 2.24) is 4.57 Å². The van der Waals surface area contributed by atoms with Crippen LogP contribution in [0.2, 0.25) is 0 Å². The maximum atomic E-state index is 5.28. The third-order valence-electron chi connectivity index (χ3n) is 4.47. The molecule has 0 atom stereocenters. The largest absolute Gasteiger partial charge is 0.497 e. The Kier molecular flexibility index (Phi) is 4.31. The van der Waals surface area contributed by atoms with E-state index in [-0.39, 0.29) is 0 Å². The molecule has 0 bridgehead atoms. The number of hydrogen-bond acceptors (Lipinski definition) is 4. The molecule has 0 amide bonds. The van der Waals surface area contributed by atoms with Crippen molar-refractivity contribution in [3.05, 3.63) is 71.0 Å². The van der Waals surface area contributed by atoms with Crippen molar-refractivity contribution in [3.63, 3.8) is 0 Å². The number of aromatic nitrogens is 1. The molecule has 0 saturated heterocycles. The van der Waals surface area contributed by atoms with E-state index >= 15 is 0 Å². The first-order chi connectivity index (χ1) is 12.7. The minimum absolute atomic E-state index is 0.864. The lowest BCUT2D eigenvalue weighted by atomic mass is 10.0. The summed E-state index contributed by atoms with van der Waals surface area (Å²) in [6, 6.07) is 20.6. The molecule has 0 fully saturated rings. The van der Waals surface area contributed by atoms with Gasteiger partial charge in [-0.3, -0.25) is 0 Å². The molecule has 0 saturated carbocycles. The van der Waals surface area contributed by atoms with E-state index in [9.17, 15) is 0 Å². The number of benzene rings is 3. The van der Waals surface area contributed by atoms with Crippen LogP contribution in [0.5, 0.6) is 5.75 Å². The molecule has 1 aromatic heterocycles. The number of aryl methyl sites for hydroxylation is 1. The molecule has 4 aromatic rings. The summed E-state index contributed by atoms with van der Waals surface area (Å²) in [7, 11) is 3.70. The van der Waals surface area contributed by atoms with Crippen molar-refractivity contribution in [2.75, 3.05) is 7.11 Å². The van der Waals surface area contributed by atoms with E-state index in [0.29, 0.717) is 0 Å². The number of methoxy groups -OCH3 is 1. The lowest BCUT2D eigenvalue weighted by Crippen LogP contribution is -2.09. The van der Waals surface area contributed by atoms with Crippen molar-refractivity contribution in [2.24, 2.45) is 17.3 Å². The standard InChI is InChI=1S/C21H19N3OS/c1-14(15-8-9-17-13-18(25-3)11-10-16(17)12-15)22-23-21-24(2)19-6-4-5-7-20(19)26-21/h4-13H,1-3H3/b22-14-,23-21+. The minimum Gasteiger partial charge on any atom is -0.497 e. The molecule has 0 aliphatic rings. The second-order valence-electron chi connectivity index (χ2n) is 6.12. The Hall–Kier alpha value is -2.92. The van der Waals surface area contributed by atoms with Gasteiger partial charge in [0, 0.05) is 7.05 Å². The van der Waals surface area contributed by atoms with E-state index in [2.05, 4.69) is 51.2 Å². The molecular weight excluding hydrogens is 342 g/mol. The Morgan fingerprint density at radius 1 is 1.00 bits per heavy atom. The fraction of sp³-hybridized carbons (Fsp3) is 0.143. The van der Waals surface area contributed by atoms with Crippen LogP contribution in [-0.2, 0) is 7.05 Å². The van der Waals surface area contributed by atoms with Crippen LogP contribution in [0.15, 0.2) is 70.9 Å². The topological polar surface area (TPSA) is 38.9 Å². The van der Waals surface area contributed by atoms with Gasteiger partial charge in [0.25, 0.3) is 0 Å². The first kappa shape index (κ1) is 16.5. The van der Waals surface area contributed by atoms with Gasteiger partial charge < -0.3 is 9.30 Å². The van der Waals surface area contributed by atoms with Crippen molar-refractivity contribution in [2.45, 2.75) is 6.92 Å². The molecule has 3 aromatic carbocycles. The SMILES string of the molecule is COc1ccc2cc(/C(C)=N\N=c3\sc4ccccc4n3C)ccc2c1. The van der Waals surface area contributed by atoms with Gasteiger partial charge in [0.05, 0.1) is 23.0 Å². The van der Waals surface area contributed by atoms with Crippen molar-refractivity contribution >= 4 is 38.0 Å². The highest BCUT2D eigenvalue weighted by atomic mass is 32.1. The lowest BCUT2D eigenvalue weighted by Gasteiger charge is -2.05. The first-order valence-electron chi connectivity index (χ1n) is 8.37. The Balaban J connectivity index is 1.73. The minimum atomic E-state index is 0.864. The van der Waals surface area contributed by atoms with E-state index in [1.807, 2.05) is 38.2 Å². The highest BCUT2D eigenvalue weighted by molar-refractivity contribution is 7.16. The molecule has 130 valence electrons. The highest BCUT2D eigenvalue weighted by Gasteiger charge is 2.03. The normalized spacial score (nSPS) is 12.9. The third kappa shape index (κ3) is 3.02. The van der Waals surface area contributed by atoms with Crippen LogP contribution in [0.3, 0.4) is 0 Å². The second kappa shape index (κ2) is 6.77. The lowest BCUT2D eigenvalue weighted by molar-refractivity contribution is 0.415. The van der Waals surface area contributed by atoms with Crippen LogP contribution in [0, 0.1) is 0 Å². The first-order valence-corrected chi connectivity index (χ1v) is 9.18. The van der Waals surface area contributed by atoms with Crippen LogP contribution in [0.1, 0.15) is 12.5 Å². The summed E-state index contributed by atoms with van der Waals surface area (Å²) >= 11 is 1.64. The molecule has 0 aliphatic carbocycles. The van der Waals surface area contributed by atoms with Crippen molar-refractivity contribution < 1.29 is 4.74 Å². The zero-order valence-corrected chi connectivity index (χ0v) is 15.7. The predicted molar refractivity (Wildman–Crippen MR) is 109 cm³/mol. The van der Waals surface area contributed by atoms with E-state index in [4.69, 9.17) is 4.74 Å². The Labute approximate surface area is 155 Å². The highest BCUT2D eigenvalue weighted by Crippen LogP contribution is 2.22.